The minimum absolute atomic E-state index is 0.0346. The van der Waals surface area contributed by atoms with Gasteiger partial charge in [-0.3, -0.25) is 9.59 Å². The number of carbonyl (C=O) groups is 2. The molecule has 2 heterocycles. The van der Waals surface area contributed by atoms with Crippen LogP contribution in [0.3, 0.4) is 0 Å². The summed E-state index contributed by atoms with van der Waals surface area (Å²) in [5, 5.41) is 15.6. The normalized spacial score (nSPS) is 14.8. The molecule has 0 aliphatic carbocycles. The number of aryl methyl sites for hydroxylation is 1. The number of ether oxygens (including phenoxy) is 1. The molecule has 1 aliphatic heterocycles. The van der Waals surface area contributed by atoms with Gasteiger partial charge in [0, 0.05) is 49.3 Å². The van der Waals surface area contributed by atoms with E-state index in [-0.39, 0.29) is 29.6 Å². The average molecular weight is 459 g/mol. The van der Waals surface area contributed by atoms with Crippen LogP contribution in [0.15, 0.2) is 59.3 Å². The number of carbonyl (C=O) groups excluding carboxylic acids is 2. The lowest BCUT2D eigenvalue weighted by Gasteiger charge is -2.32. The molecule has 34 heavy (non-hydrogen) atoms. The number of anilines is 1. The van der Waals surface area contributed by atoms with E-state index in [0.717, 1.165) is 11.1 Å². The summed E-state index contributed by atoms with van der Waals surface area (Å²) < 4.78 is 11.2. The van der Waals surface area contributed by atoms with E-state index in [4.69, 9.17) is 14.5 Å². The monoisotopic (exact) mass is 458 g/mol. The number of benzene rings is 2. The number of nitriles is 1. The van der Waals surface area contributed by atoms with Crippen LogP contribution in [-0.4, -0.2) is 41.1 Å². The number of nitrogens with zero attached hydrogens (tertiary/aromatic N) is 3. The zero-order valence-electron chi connectivity index (χ0n) is 19.2. The largest absolute Gasteiger partial charge is 0.490 e. The first-order valence-electron chi connectivity index (χ1n) is 11.2. The van der Waals surface area contributed by atoms with E-state index in [2.05, 4.69) is 16.5 Å². The second-order valence-corrected chi connectivity index (χ2v) is 8.40. The second kappa shape index (κ2) is 10.2. The van der Waals surface area contributed by atoms with Crippen molar-refractivity contribution in [3.63, 3.8) is 0 Å². The van der Waals surface area contributed by atoms with E-state index < -0.39 is 0 Å². The molecule has 4 rings (SSSR count). The van der Waals surface area contributed by atoms with Crippen molar-refractivity contribution in [2.75, 3.05) is 18.4 Å². The van der Waals surface area contributed by atoms with Crippen LogP contribution in [-0.2, 0) is 0 Å². The molecule has 2 amide bonds. The van der Waals surface area contributed by atoms with Crippen molar-refractivity contribution in [1.29, 1.82) is 5.26 Å². The summed E-state index contributed by atoms with van der Waals surface area (Å²) in [5.74, 6) is 0.242. The third-order valence-corrected chi connectivity index (χ3v) is 5.96. The van der Waals surface area contributed by atoms with Gasteiger partial charge in [0.1, 0.15) is 11.9 Å². The Morgan fingerprint density at radius 1 is 1.21 bits per heavy atom. The van der Waals surface area contributed by atoms with Crippen molar-refractivity contribution in [2.45, 2.75) is 38.7 Å². The van der Waals surface area contributed by atoms with Crippen LogP contribution < -0.4 is 10.1 Å². The van der Waals surface area contributed by atoms with Gasteiger partial charge in [0.05, 0.1) is 18.2 Å². The Morgan fingerprint density at radius 3 is 2.71 bits per heavy atom. The van der Waals surface area contributed by atoms with Gasteiger partial charge in [-0.1, -0.05) is 23.4 Å². The Bertz CT molecular complexity index is 1210. The Morgan fingerprint density at radius 2 is 2.00 bits per heavy atom. The number of hydrogen-bond donors (Lipinski definition) is 1. The number of nitrogens with one attached hydrogen (secondary N) is 1. The number of piperidine rings is 1. The SMILES string of the molecule is Cc1ccc(NC(=O)c2cccc(C(C)C#N)c2)cc1OC1CCN(C(=O)c2ccno2)CC1. The minimum Gasteiger partial charge on any atom is -0.490 e. The fraction of sp³-hybridized carbons (Fsp3) is 0.308. The standard InChI is InChI=1S/C26H26N4O4/c1-17-6-7-21(29-25(31)20-5-3-4-19(14-20)18(2)16-27)15-24(17)33-22-9-12-30(13-10-22)26(32)23-8-11-28-34-23/h3-8,11,14-15,18,22H,9-10,12-13H2,1-2H3,(H,29,31). The van der Waals surface area contributed by atoms with Crippen molar-refractivity contribution in [3.8, 4) is 11.8 Å². The lowest BCUT2D eigenvalue weighted by atomic mass is 10.0. The fourth-order valence-corrected chi connectivity index (χ4v) is 3.87. The number of aromatic nitrogens is 1. The predicted molar refractivity (Wildman–Crippen MR) is 126 cm³/mol. The first kappa shape index (κ1) is 23.1. The van der Waals surface area contributed by atoms with Crippen molar-refractivity contribution in [2.24, 2.45) is 0 Å². The molecule has 1 aliphatic rings. The third kappa shape index (κ3) is 5.26. The summed E-state index contributed by atoms with van der Waals surface area (Å²) in [4.78, 5) is 26.9. The molecule has 1 unspecified atom stereocenters. The highest BCUT2D eigenvalue weighted by Crippen LogP contribution is 2.27. The molecule has 0 saturated carbocycles. The van der Waals surface area contributed by atoms with Crippen LogP contribution in [0, 0.1) is 18.3 Å². The van der Waals surface area contributed by atoms with Crippen molar-refractivity contribution < 1.29 is 18.8 Å². The molecule has 2 aromatic carbocycles. The summed E-state index contributed by atoms with van der Waals surface area (Å²) in [6.45, 7) is 4.89. The van der Waals surface area contributed by atoms with Gasteiger partial charge in [-0.25, -0.2) is 0 Å². The Kier molecular flexibility index (Phi) is 6.93. The maximum Gasteiger partial charge on any atom is 0.292 e. The molecule has 174 valence electrons. The van der Waals surface area contributed by atoms with Crippen LogP contribution in [0.2, 0.25) is 0 Å². The summed E-state index contributed by atoms with van der Waals surface area (Å²) in [7, 11) is 0. The highest BCUT2D eigenvalue weighted by Gasteiger charge is 2.26. The summed E-state index contributed by atoms with van der Waals surface area (Å²) >= 11 is 0. The maximum atomic E-state index is 12.8. The van der Waals surface area contributed by atoms with E-state index >= 15 is 0 Å². The second-order valence-electron chi connectivity index (χ2n) is 8.40. The summed E-state index contributed by atoms with van der Waals surface area (Å²) in [6, 6.07) is 16.4. The Hall–Kier alpha value is -4.12. The van der Waals surface area contributed by atoms with Crippen LogP contribution in [0.4, 0.5) is 5.69 Å². The molecular weight excluding hydrogens is 432 g/mol. The molecule has 1 fully saturated rings. The maximum absolute atomic E-state index is 12.8. The number of amides is 2. The van der Waals surface area contributed by atoms with Crippen LogP contribution in [0.1, 0.15) is 57.7 Å². The lowest BCUT2D eigenvalue weighted by Crippen LogP contribution is -2.41. The van der Waals surface area contributed by atoms with Gasteiger partial charge < -0.3 is 19.5 Å². The molecule has 0 spiro atoms. The van der Waals surface area contributed by atoms with Gasteiger partial charge in [-0.2, -0.15) is 5.26 Å². The van der Waals surface area contributed by atoms with Crippen molar-refractivity contribution in [1.82, 2.24) is 10.1 Å². The average Bonchev–Trinajstić information content (AvgIpc) is 3.41. The van der Waals surface area contributed by atoms with E-state index in [1.165, 1.54) is 6.20 Å². The van der Waals surface area contributed by atoms with Crippen LogP contribution >= 0.6 is 0 Å². The quantitative estimate of drug-likeness (QED) is 0.581. The highest BCUT2D eigenvalue weighted by molar-refractivity contribution is 6.04. The highest BCUT2D eigenvalue weighted by atomic mass is 16.5. The van der Waals surface area contributed by atoms with Crippen LogP contribution in [0.5, 0.6) is 5.75 Å². The van der Waals surface area contributed by atoms with Gasteiger partial charge in [-0.05, 0) is 43.2 Å². The van der Waals surface area contributed by atoms with Gasteiger partial charge in [0.2, 0.25) is 5.76 Å². The van der Waals surface area contributed by atoms with E-state index in [0.29, 0.717) is 42.9 Å². The summed E-state index contributed by atoms with van der Waals surface area (Å²) in [5.41, 5.74) is 2.88. The van der Waals surface area contributed by atoms with Gasteiger partial charge in [0.25, 0.3) is 11.8 Å². The molecule has 1 atom stereocenters. The molecule has 1 aromatic heterocycles. The Balaban J connectivity index is 1.38. The van der Waals surface area contributed by atoms with Crippen molar-refractivity contribution >= 4 is 17.5 Å². The first-order chi connectivity index (χ1) is 16.4. The molecule has 3 aromatic rings. The van der Waals surface area contributed by atoms with Gasteiger partial charge in [0.15, 0.2) is 0 Å². The first-order valence-corrected chi connectivity index (χ1v) is 11.2. The topological polar surface area (TPSA) is 108 Å². The number of hydrogen-bond acceptors (Lipinski definition) is 6. The molecule has 0 bridgehead atoms. The Labute approximate surface area is 198 Å². The van der Waals surface area contributed by atoms with Gasteiger partial charge >= 0.3 is 0 Å². The van der Waals surface area contributed by atoms with Crippen molar-refractivity contribution in [3.05, 3.63) is 77.2 Å². The predicted octanol–water partition coefficient (Wildman–Crippen LogP) is 4.55. The molecule has 1 N–H and O–H groups in total. The number of likely N-dealkylation sites (tertiary alicyclic amines) is 1. The zero-order chi connectivity index (χ0) is 24.1. The van der Waals surface area contributed by atoms with Gasteiger partial charge in [-0.15, -0.1) is 0 Å². The molecule has 8 nitrogen and oxygen atoms in total. The zero-order valence-corrected chi connectivity index (χ0v) is 19.2. The number of rotatable bonds is 6. The third-order valence-electron chi connectivity index (χ3n) is 5.96. The molecular formula is C26H26N4O4. The molecule has 1 saturated heterocycles. The smallest absolute Gasteiger partial charge is 0.292 e. The molecule has 0 radical (unpaired) electrons. The van der Waals surface area contributed by atoms with E-state index in [1.807, 2.05) is 31.2 Å². The van der Waals surface area contributed by atoms with Crippen LogP contribution in [0.25, 0.3) is 0 Å². The minimum atomic E-state index is -0.287. The molecule has 8 heteroatoms. The van der Waals surface area contributed by atoms with E-state index in [9.17, 15) is 9.59 Å². The summed E-state index contributed by atoms with van der Waals surface area (Å²) in [6.07, 6.45) is 2.81. The lowest BCUT2D eigenvalue weighted by molar-refractivity contribution is 0.0557. The fourth-order valence-electron chi connectivity index (χ4n) is 3.87. The van der Waals surface area contributed by atoms with E-state index in [1.54, 1.807) is 36.1 Å².